The van der Waals surface area contributed by atoms with E-state index < -0.39 is 0 Å². The molecule has 0 aliphatic heterocycles. The summed E-state index contributed by atoms with van der Waals surface area (Å²) in [5.41, 5.74) is 12.6. The summed E-state index contributed by atoms with van der Waals surface area (Å²) in [5, 5.41) is 7.22. The van der Waals surface area contributed by atoms with Crippen LogP contribution in [0.15, 0.2) is 168 Å². The third-order valence-electron chi connectivity index (χ3n) is 11.3. The van der Waals surface area contributed by atoms with Crippen LogP contribution < -0.4 is 4.90 Å². The van der Waals surface area contributed by atoms with E-state index in [1.54, 1.807) is 0 Å². The summed E-state index contributed by atoms with van der Waals surface area (Å²) in [7, 11) is 0. The highest BCUT2D eigenvalue weighted by molar-refractivity contribution is 7.26. The van der Waals surface area contributed by atoms with Gasteiger partial charge in [-0.2, -0.15) is 0 Å². The van der Waals surface area contributed by atoms with Gasteiger partial charge in [0, 0.05) is 42.0 Å². The van der Waals surface area contributed by atoms with Crippen LogP contribution in [0.1, 0.15) is 25.0 Å². The van der Waals surface area contributed by atoms with E-state index in [0.717, 1.165) is 39.0 Å². The third kappa shape index (κ3) is 4.11. The van der Waals surface area contributed by atoms with Crippen molar-refractivity contribution in [2.75, 3.05) is 4.90 Å². The average molecular weight is 684 g/mol. The SMILES string of the molecule is CC1(C)c2ccccc2-c2ccc(N(c3cccc4c3oc3cc(-c5ccccc5)c5ccccc5c34)c3cccc4sc5ccccc5c34)cc21. The molecule has 0 bridgehead atoms. The van der Waals surface area contributed by atoms with E-state index >= 15 is 0 Å². The molecule has 0 unspecified atom stereocenters. The van der Waals surface area contributed by atoms with E-state index in [1.165, 1.54) is 64.3 Å². The molecule has 0 N–H and O–H groups in total. The normalized spacial score (nSPS) is 13.3. The van der Waals surface area contributed by atoms with Crippen LogP contribution in [-0.2, 0) is 5.41 Å². The second kappa shape index (κ2) is 10.9. The molecular weight excluding hydrogens is 651 g/mol. The van der Waals surface area contributed by atoms with Crippen LogP contribution in [0.4, 0.5) is 17.1 Å². The van der Waals surface area contributed by atoms with Gasteiger partial charge in [-0.05, 0) is 86.6 Å². The number of anilines is 3. The Morgan fingerprint density at radius 1 is 0.481 bits per heavy atom. The number of furan rings is 1. The molecule has 2 nitrogen and oxygen atoms in total. The van der Waals surface area contributed by atoms with Crippen LogP contribution in [-0.4, -0.2) is 0 Å². The lowest BCUT2D eigenvalue weighted by atomic mass is 9.82. The maximum Gasteiger partial charge on any atom is 0.159 e. The lowest BCUT2D eigenvalue weighted by molar-refractivity contribution is 0.660. The summed E-state index contributed by atoms with van der Waals surface area (Å²) in [6, 6.07) is 59.7. The molecule has 1 aliphatic carbocycles. The third-order valence-corrected chi connectivity index (χ3v) is 12.4. The lowest BCUT2D eigenvalue weighted by Crippen LogP contribution is -2.16. The molecule has 8 aromatic carbocycles. The van der Waals surface area contributed by atoms with Crippen molar-refractivity contribution in [1.29, 1.82) is 0 Å². The van der Waals surface area contributed by atoms with Crippen molar-refractivity contribution in [3.8, 4) is 22.3 Å². The largest absolute Gasteiger partial charge is 0.454 e. The predicted molar refractivity (Wildman–Crippen MR) is 222 cm³/mol. The summed E-state index contributed by atoms with van der Waals surface area (Å²) in [6.07, 6.45) is 0. The van der Waals surface area contributed by atoms with Crippen molar-refractivity contribution in [2.24, 2.45) is 0 Å². The standard InChI is InChI=1S/C49H33NOS/c1-49(2)39-21-10-8-17-33(39)34-27-26-31(28-40(34)49)50(41-22-13-25-45-47(41)36-19-9-11-24-44(36)52-45)42-23-12-20-37-46-35-18-7-6-16-32(35)38(29-43(46)51-48(37)42)30-14-4-3-5-15-30/h3-29H,1-2H3. The minimum Gasteiger partial charge on any atom is -0.454 e. The zero-order valence-corrected chi connectivity index (χ0v) is 29.7. The number of thiophene rings is 1. The Bertz CT molecular complexity index is 3060. The number of hydrogen-bond donors (Lipinski definition) is 0. The van der Waals surface area contributed by atoms with Crippen LogP contribution in [0.2, 0.25) is 0 Å². The molecule has 0 saturated carbocycles. The van der Waals surface area contributed by atoms with Crippen LogP contribution in [0.3, 0.4) is 0 Å². The van der Waals surface area contributed by atoms with Crippen molar-refractivity contribution in [3.05, 3.63) is 175 Å². The van der Waals surface area contributed by atoms with Crippen LogP contribution in [0.25, 0.3) is 75.1 Å². The molecule has 0 atom stereocenters. The first-order valence-electron chi connectivity index (χ1n) is 17.9. The quantitative estimate of drug-likeness (QED) is 0.184. The summed E-state index contributed by atoms with van der Waals surface area (Å²) >= 11 is 1.85. The van der Waals surface area contributed by atoms with Gasteiger partial charge < -0.3 is 9.32 Å². The van der Waals surface area contributed by atoms with E-state index in [1.807, 2.05) is 11.3 Å². The Balaban J connectivity index is 1.23. The van der Waals surface area contributed by atoms with Gasteiger partial charge in [-0.25, -0.2) is 0 Å². The van der Waals surface area contributed by atoms with Gasteiger partial charge in [0.05, 0.1) is 11.4 Å². The minimum atomic E-state index is -0.132. The first kappa shape index (κ1) is 29.6. The van der Waals surface area contributed by atoms with Gasteiger partial charge in [-0.3, -0.25) is 0 Å². The maximum absolute atomic E-state index is 7.10. The maximum atomic E-state index is 7.10. The van der Waals surface area contributed by atoms with Gasteiger partial charge >= 0.3 is 0 Å². The van der Waals surface area contributed by atoms with Crippen LogP contribution in [0.5, 0.6) is 0 Å². The van der Waals surface area contributed by atoms with Gasteiger partial charge in [0.1, 0.15) is 5.58 Å². The van der Waals surface area contributed by atoms with E-state index in [0.29, 0.717) is 0 Å². The number of fused-ring (bicyclic) bond motifs is 11. The molecule has 3 heteroatoms. The zero-order chi connectivity index (χ0) is 34.6. The number of para-hydroxylation sites is 1. The molecule has 2 heterocycles. The summed E-state index contributed by atoms with van der Waals surface area (Å²) in [5.74, 6) is 0. The van der Waals surface area contributed by atoms with E-state index in [2.05, 4.69) is 183 Å². The van der Waals surface area contributed by atoms with Crippen molar-refractivity contribution < 1.29 is 4.42 Å². The molecule has 0 saturated heterocycles. The molecule has 1 aliphatic rings. The van der Waals surface area contributed by atoms with E-state index in [4.69, 9.17) is 4.42 Å². The van der Waals surface area contributed by atoms with Gasteiger partial charge in [-0.1, -0.05) is 135 Å². The monoisotopic (exact) mass is 683 g/mol. The van der Waals surface area contributed by atoms with Crippen LogP contribution >= 0.6 is 11.3 Å². The molecule has 2 aromatic heterocycles. The summed E-state index contributed by atoms with van der Waals surface area (Å²) < 4.78 is 9.66. The van der Waals surface area contributed by atoms with Gasteiger partial charge in [0.2, 0.25) is 0 Å². The highest BCUT2D eigenvalue weighted by atomic mass is 32.1. The minimum absolute atomic E-state index is 0.132. The van der Waals surface area contributed by atoms with Gasteiger partial charge in [0.15, 0.2) is 5.58 Å². The number of benzene rings is 8. The highest BCUT2D eigenvalue weighted by Crippen LogP contribution is 2.53. The zero-order valence-electron chi connectivity index (χ0n) is 28.9. The molecule has 52 heavy (non-hydrogen) atoms. The molecule has 0 spiro atoms. The molecule has 246 valence electrons. The molecule has 11 rings (SSSR count). The number of rotatable bonds is 4. The Morgan fingerprint density at radius 2 is 1.15 bits per heavy atom. The summed E-state index contributed by atoms with van der Waals surface area (Å²) in [6.45, 7) is 4.71. The molecule has 0 radical (unpaired) electrons. The van der Waals surface area contributed by atoms with Crippen molar-refractivity contribution in [3.63, 3.8) is 0 Å². The van der Waals surface area contributed by atoms with Crippen molar-refractivity contribution >= 4 is 81.3 Å². The Hall–Kier alpha value is -6.16. The fraction of sp³-hybridized carbons (Fsp3) is 0.0612. The van der Waals surface area contributed by atoms with E-state index in [9.17, 15) is 0 Å². The predicted octanol–water partition coefficient (Wildman–Crippen LogP) is 14.6. The first-order chi connectivity index (χ1) is 25.6. The lowest BCUT2D eigenvalue weighted by Gasteiger charge is -2.28. The Labute approximate surface area is 305 Å². The number of hydrogen-bond acceptors (Lipinski definition) is 3. The van der Waals surface area contributed by atoms with Crippen LogP contribution in [0, 0.1) is 0 Å². The topological polar surface area (TPSA) is 16.4 Å². The molecule has 10 aromatic rings. The molecule has 0 amide bonds. The molecule has 0 fully saturated rings. The second-order valence-corrected chi connectivity index (χ2v) is 15.5. The average Bonchev–Trinajstić information content (AvgIpc) is 3.84. The highest BCUT2D eigenvalue weighted by Gasteiger charge is 2.36. The fourth-order valence-electron chi connectivity index (χ4n) is 8.86. The Morgan fingerprint density at radius 3 is 2.04 bits per heavy atom. The number of nitrogens with zero attached hydrogens (tertiary/aromatic N) is 1. The van der Waals surface area contributed by atoms with Crippen molar-refractivity contribution in [2.45, 2.75) is 19.3 Å². The van der Waals surface area contributed by atoms with E-state index in [-0.39, 0.29) is 5.41 Å². The molecular formula is C49H33NOS. The second-order valence-electron chi connectivity index (χ2n) is 14.4. The van der Waals surface area contributed by atoms with Crippen molar-refractivity contribution in [1.82, 2.24) is 0 Å². The smallest absolute Gasteiger partial charge is 0.159 e. The van der Waals surface area contributed by atoms with Gasteiger partial charge in [0.25, 0.3) is 0 Å². The summed E-state index contributed by atoms with van der Waals surface area (Å²) in [4.78, 5) is 2.45. The van der Waals surface area contributed by atoms with Gasteiger partial charge in [-0.15, -0.1) is 11.3 Å². The Kier molecular flexibility index (Phi) is 6.21. The first-order valence-corrected chi connectivity index (χ1v) is 18.7. The fourth-order valence-corrected chi connectivity index (χ4v) is 9.99.